The van der Waals surface area contributed by atoms with Gasteiger partial charge in [-0.15, -0.1) is 24.0 Å². The van der Waals surface area contributed by atoms with E-state index < -0.39 is 0 Å². The number of nitrogens with one attached hydrogen (secondary N) is 2. The molecule has 1 saturated heterocycles. The molecule has 1 aliphatic rings. The molecule has 1 aliphatic heterocycles. The van der Waals surface area contributed by atoms with Crippen molar-refractivity contribution in [1.29, 1.82) is 0 Å². The van der Waals surface area contributed by atoms with Crippen molar-refractivity contribution in [2.24, 2.45) is 4.99 Å². The van der Waals surface area contributed by atoms with Crippen LogP contribution in [0.1, 0.15) is 24.8 Å². The number of rotatable bonds is 11. The van der Waals surface area contributed by atoms with Crippen LogP contribution in [0.5, 0.6) is 0 Å². The largest absolute Gasteiger partial charge is 0.383 e. The van der Waals surface area contributed by atoms with Crippen LogP contribution in [0.25, 0.3) is 0 Å². The third-order valence-corrected chi connectivity index (χ3v) is 5.14. The molecule has 6 nitrogen and oxygen atoms in total. The maximum Gasteiger partial charge on any atom is 0.191 e. The monoisotopic (exact) mass is 503 g/mol. The summed E-state index contributed by atoms with van der Waals surface area (Å²) in [6, 6.07) is 11.3. The standard InChI is InChI=1S/C21H37N5O.HI/c1-22-21(23-12-8-13-25(2)15-16-27-3)24-17-20-11-7-14-26(20)18-19-9-5-4-6-10-19;/h4-6,9-10,20H,7-8,11-18H2,1-3H3,(H2,22,23,24);1H. The highest BCUT2D eigenvalue weighted by Crippen LogP contribution is 2.19. The molecule has 1 atom stereocenters. The van der Waals surface area contributed by atoms with Crippen molar-refractivity contribution in [3.63, 3.8) is 0 Å². The van der Waals surface area contributed by atoms with E-state index in [2.05, 4.69) is 62.8 Å². The van der Waals surface area contributed by atoms with Crippen LogP contribution in [0.4, 0.5) is 0 Å². The highest BCUT2D eigenvalue weighted by molar-refractivity contribution is 14.0. The number of hydrogen-bond donors (Lipinski definition) is 2. The molecule has 1 heterocycles. The van der Waals surface area contributed by atoms with Crippen molar-refractivity contribution < 1.29 is 4.74 Å². The zero-order valence-electron chi connectivity index (χ0n) is 17.7. The number of aliphatic imine (C=N–C) groups is 1. The second kappa shape index (κ2) is 15.0. The lowest BCUT2D eigenvalue weighted by Gasteiger charge is -2.25. The molecule has 7 heteroatoms. The lowest BCUT2D eigenvalue weighted by Crippen LogP contribution is -2.45. The van der Waals surface area contributed by atoms with Crippen LogP contribution >= 0.6 is 24.0 Å². The number of likely N-dealkylation sites (N-methyl/N-ethyl adjacent to an activating group) is 1. The first-order valence-corrected chi connectivity index (χ1v) is 10.1. The highest BCUT2D eigenvalue weighted by atomic mass is 127. The van der Waals surface area contributed by atoms with Gasteiger partial charge in [0.2, 0.25) is 0 Å². The van der Waals surface area contributed by atoms with Crippen molar-refractivity contribution in [2.45, 2.75) is 31.8 Å². The summed E-state index contributed by atoms with van der Waals surface area (Å²) in [6.45, 7) is 6.90. The molecule has 1 fully saturated rings. The lowest BCUT2D eigenvalue weighted by molar-refractivity contribution is 0.161. The molecule has 2 N–H and O–H groups in total. The van der Waals surface area contributed by atoms with Gasteiger partial charge in [-0.05, 0) is 45.0 Å². The summed E-state index contributed by atoms with van der Waals surface area (Å²) in [6.07, 6.45) is 3.62. The Balaban J connectivity index is 0.00000392. The van der Waals surface area contributed by atoms with Gasteiger partial charge in [-0.3, -0.25) is 9.89 Å². The second-order valence-corrected chi connectivity index (χ2v) is 7.28. The summed E-state index contributed by atoms with van der Waals surface area (Å²) in [5, 5.41) is 6.94. The van der Waals surface area contributed by atoms with Crippen LogP contribution in [0.2, 0.25) is 0 Å². The molecule has 0 spiro atoms. The summed E-state index contributed by atoms with van der Waals surface area (Å²) < 4.78 is 5.11. The first-order valence-electron chi connectivity index (χ1n) is 10.1. The molecular weight excluding hydrogens is 465 g/mol. The Bertz CT molecular complexity index is 543. The minimum absolute atomic E-state index is 0. The maximum absolute atomic E-state index is 5.11. The average Bonchev–Trinajstić information content (AvgIpc) is 3.13. The molecule has 1 aromatic carbocycles. The van der Waals surface area contributed by atoms with Gasteiger partial charge < -0.3 is 20.3 Å². The van der Waals surface area contributed by atoms with Gasteiger partial charge in [0.25, 0.3) is 0 Å². The number of likely N-dealkylation sites (tertiary alicyclic amines) is 1. The number of nitrogens with zero attached hydrogens (tertiary/aromatic N) is 3. The fraction of sp³-hybridized carbons (Fsp3) is 0.667. The Morgan fingerprint density at radius 3 is 2.75 bits per heavy atom. The van der Waals surface area contributed by atoms with Crippen LogP contribution in [0.3, 0.4) is 0 Å². The van der Waals surface area contributed by atoms with Gasteiger partial charge in [-0.1, -0.05) is 30.3 Å². The second-order valence-electron chi connectivity index (χ2n) is 7.28. The van der Waals surface area contributed by atoms with Crippen LogP contribution in [0, 0.1) is 0 Å². The zero-order chi connectivity index (χ0) is 19.3. The molecule has 1 unspecified atom stereocenters. The number of halogens is 1. The van der Waals surface area contributed by atoms with Crippen molar-refractivity contribution in [2.75, 3.05) is 60.5 Å². The number of ether oxygens (including phenoxy) is 1. The van der Waals surface area contributed by atoms with Gasteiger partial charge in [0.05, 0.1) is 6.61 Å². The third-order valence-electron chi connectivity index (χ3n) is 5.14. The predicted molar refractivity (Wildman–Crippen MR) is 129 cm³/mol. The first kappa shape index (κ1) is 25.1. The summed E-state index contributed by atoms with van der Waals surface area (Å²) in [5.41, 5.74) is 1.39. The number of hydrogen-bond acceptors (Lipinski definition) is 4. The topological polar surface area (TPSA) is 52.1 Å². The minimum Gasteiger partial charge on any atom is -0.383 e. The molecule has 0 aromatic heterocycles. The SMILES string of the molecule is CN=C(NCCCN(C)CCOC)NCC1CCCN1Cc1ccccc1.I. The van der Waals surface area contributed by atoms with E-state index in [1.54, 1.807) is 7.11 Å². The van der Waals surface area contributed by atoms with Crippen molar-refractivity contribution >= 4 is 29.9 Å². The molecule has 0 aliphatic carbocycles. The van der Waals surface area contributed by atoms with E-state index in [1.165, 1.54) is 24.9 Å². The first-order chi connectivity index (χ1) is 13.2. The van der Waals surface area contributed by atoms with Crippen LogP contribution in [0.15, 0.2) is 35.3 Å². The molecular formula is C21H38IN5O. The van der Waals surface area contributed by atoms with Crippen LogP contribution < -0.4 is 10.6 Å². The summed E-state index contributed by atoms with van der Waals surface area (Å²) >= 11 is 0. The van der Waals surface area contributed by atoms with E-state index >= 15 is 0 Å². The van der Waals surface area contributed by atoms with Crippen LogP contribution in [-0.2, 0) is 11.3 Å². The normalized spacial score (nSPS) is 17.6. The fourth-order valence-electron chi connectivity index (χ4n) is 3.50. The van der Waals surface area contributed by atoms with Gasteiger partial charge in [0.15, 0.2) is 5.96 Å². The number of methoxy groups -OCH3 is 1. The Morgan fingerprint density at radius 1 is 1.25 bits per heavy atom. The third kappa shape index (κ3) is 9.54. The molecule has 0 bridgehead atoms. The van der Waals surface area contributed by atoms with E-state index in [-0.39, 0.29) is 24.0 Å². The van der Waals surface area contributed by atoms with Gasteiger partial charge in [0, 0.05) is 46.4 Å². The lowest BCUT2D eigenvalue weighted by atomic mass is 10.2. The van der Waals surface area contributed by atoms with Crippen molar-refractivity contribution in [1.82, 2.24) is 20.4 Å². The number of guanidine groups is 1. The van der Waals surface area contributed by atoms with E-state index in [9.17, 15) is 0 Å². The smallest absolute Gasteiger partial charge is 0.191 e. The Hall–Kier alpha value is -0.900. The van der Waals surface area contributed by atoms with Gasteiger partial charge in [-0.25, -0.2) is 0 Å². The minimum atomic E-state index is 0. The number of benzene rings is 1. The average molecular weight is 503 g/mol. The molecule has 28 heavy (non-hydrogen) atoms. The summed E-state index contributed by atoms with van der Waals surface area (Å²) in [5.74, 6) is 0.904. The Kier molecular flexibility index (Phi) is 13.5. The molecule has 0 amide bonds. The fourth-order valence-corrected chi connectivity index (χ4v) is 3.50. The molecule has 1 aromatic rings. The van der Waals surface area contributed by atoms with Crippen molar-refractivity contribution in [3.8, 4) is 0 Å². The predicted octanol–water partition coefficient (Wildman–Crippen LogP) is 2.40. The van der Waals surface area contributed by atoms with Gasteiger partial charge in [-0.2, -0.15) is 0 Å². The molecule has 0 radical (unpaired) electrons. The zero-order valence-corrected chi connectivity index (χ0v) is 20.0. The highest BCUT2D eigenvalue weighted by Gasteiger charge is 2.24. The summed E-state index contributed by atoms with van der Waals surface area (Å²) in [4.78, 5) is 9.24. The van der Waals surface area contributed by atoms with Gasteiger partial charge >= 0.3 is 0 Å². The van der Waals surface area contributed by atoms with Crippen LogP contribution in [-0.4, -0.2) is 82.3 Å². The van der Waals surface area contributed by atoms with E-state index in [0.717, 1.165) is 51.7 Å². The Morgan fingerprint density at radius 2 is 2.04 bits per heavy atom. The van der Waals surface area contributed by atoms with E-state index in [1.807, 2.05) is 7.05 Å². The molecule has 0 saturated carbocycles. The summed E-state index contributed by atoms with van der Waals surface area (Å²) in [7, 11) is 5.72. The van der Waals surface area contributed by atoms with Crippen molar-refractivity contribution in [3.05, 3.63) is 35.9 Å². The Labute approximate surface area is 188 Å². The molecule has 160 valence electrons. The quantitative estimate of drug-likeness (QED) is 0.210. The molecule has 2 rings (SSSR count). The van der Waals surface area contributed by atoms with E-state index in [0.29, 0.717) is 6.04 Å². The van der Waals surface area contributed by atoms with E-state index in [4.69, 9.17) is 4.74 Å². The maximum atomic E-state index is 5.11. The van der Waals surface area contributed by atoms with Gasteiger partial charge in [0.1, 0.15) is 0 Å².